The van der Waals surface area contributed by atoms with Crippen molar-refractivity contribution >= 4 is 35.6 Å². The number of esters is 3. The van der Waals surface area contributed by atoms with E-state index < -0.39 is 53.6 Å². The highest BCUT2D eigenvalue weighted by Gasteiger charge is 2.51. The number of amides is 1. The lowest BCUT2D eigenvalue weighted by atomic mass is 9.97. The van der Waals surface area contributed by atoms with Crippen LogP contribution in [0.3, 0.4) is 0 Å². The first kappa shape index (κ1) is 28.1. The molecule has 0 unspecified atom stereocenters. The molecule has 0 radical (unpaired) electrons. The molecule has 3 rings (SSSR count). The molecular formula is C24H30N4O8S. The Morgan fingerprint density at radius 3 is 2.19 bits per heavy atom. The minimum Gasteiger partial charge on any atom is -0.463 e. The number of ether oxygens (including phenoxy) is 4. The summed E-state index contributed by atoms with van der Waals surface area (Å²) in [5, 5.41) is 11.9. The maximum atomic E-state index is 12.2. The van der Waals surface area contributed by atoms with Crippen molar-refractivity contribution in [2.45, 2.75) is 76.1 Å². The SMILES string of the molecule is CCn1c(S[C@@H]2O[C@H](COC(C)=O)[C@@H](OC(C)=O)[C@H](OC(C)=O)[C@H]2NC(C)=O)nnc1-c1ccccc1. The van der Waals surface area contributed by atoms with Crippen molar-refractivity contribution in [3.8, 4) is 11.4 Å². The Hall–Kier alpha value is -3.45. The zero-order valence-corrected chi connectivity index (χ0v) is 22.0. The minimum atomic E-state index is -1.15. The highest BCUT2D eigenvalue weighted by Crippen LogP contribution is 2.36. The van der Waals surface area contributed by atoms with Crippen molar-refractivity contribution in [3.63, 3.8) is 0 Å². The second kappa shape index (κ2) is 12.7. The number of benzene rings is 1. The van der Waals surface area contributed by atoms with Crippen LogP contribution in [0.15, 0.2) is 35.5 Å². The van der Waals surface area contributed by atoms with Gasteiger partial charge in [-0.15, -0.1) is 10.2 Å². The van der Waals surface area contributed by atoms with Crippen LogP contribution in [0.25, 0.3) is 11.4 Å². The number of aromatic nitrogens is 3. The largest absolute Gasteiger partial charge is 0.463 e. The van der Waals surface area contributed by atoms with Gasteiger partial charge in [0.1, 0.15) is 24.2 Å². The van der Waals surface area contributed by atoms with Crippen LogP contribution in [0.1, 0.15) is 34.6 Å². The molecule has 200 valence electrons. The Morgan fingerprint density at radius 2 is 1.62 bits per heavy atom. The number of nitrogens with one attached hydrogen (secondary N) is 1. The lowest BCUT2D eigenvalue weighted by molar-refractivity contribution is -0.211. The molecule has 2 aromatic rings. The van der Waals surface area contributed by atoms with E-state index in [9.17, 15) is 19.2 Å². The molecule has 0 bridgehead atoms. The maximum Gasteiger partial charge on any atom is 0.303 e. The van der Waals surface area contributed by atoms with Crippen molar-refractivity contribution in [3.05, 3.63) is 30.3 Å². The molecule has 1 aromatic heterocycles. The Bertz CT molecular complexity index is 1130. The number of hydrogen-bond donors (Lipinski definition) is 1. The third-order valence-electron chi connectivity index (χ3n) is 5.36. The summed E-state index contributed by atoms with van der Waals surface area (Å²) in [4.78, 5) is 47.6. The van der Waals surface area contributed by atoms with Gasteiger partial charge in [0.15, 0.2) is 23.2 Å². The van der Waals surface area contributed by atoms with Crippen LogP contribution in [-0.2, 0) is 44.7 Å². The second-order valence-electron chi connectivity index (χ2n) is 8.25. The maximum absolute atomic E-state index is 12.2. The molecule has 1 N–H and O–H groups in total. The van der Waals surface area contributed by atoms with E-state index >= 15 is 0 Å². The molecule has 0 spiro atoms. The van der Waals surface area contributed by atoms with Gasteiger partial charge < -0.3 is 28.8 Å². The van der Waals surface area contributed by atoms with Crippen molar-refractivity contribution in [2.24, 2.45) is 0 Å². The van der Waals surface area contributed by atoms with Crippen LogP contribution in [0.2, 0.25) is 0 Å². The summed E-state index contributed by atoms with van der Waals surface area (Å²) >= 11 is 1.15. The number of nitrogens with zero attached hydrogens (tertiary/aromatic N) is 3. The fourth-order valence-corrected chi connectivity index (χ4v) is 5.16. The van der Waals surface area contributed by atoms with Crippen molar-refractivity contribution in [1.82, 2.24) is 20.1 Å². The van der Waals surface area contributed by atoms with Crippen LogP contribution in [0.4, 0.5) is 0 Å². The lowest BCUT2D eigenvalue weighted by Gasteiger charge is -2.44. The van der Waals surface area contributed by atoms with Crippen LogP contribution >= 0.6 is 11.8 Å². The summed E-state index contributed by atoms with van der Waals surface area (Å²) < 4.78 is 24.2. The van der Waals surface area contributed by atoms with Crippen LogP contribution in [0.5, 0.6) is 0 Å². The summed E-state index contributed by atoms with van der Waals surface area (Å²) in [6, 6.07) is 8.58. The molecule has 12 nitrogen and oxygen atoms in total. The summed E-state index contributed by atoms with van der Waals surface area (Å²) in [5.74, 6) is -1.66. The number of thioether (sulfide) groups is 1. The van der Waals surface area contributed by atoms with Gasteiger partial charge in [0, 0.05) is 39.8 Å². The highest BCUT2D eigenvalue weighted by atomic mass is 32.2. The Balaban J connectivity index is 2.02. The predicted octanol–water partition coefficient (Wildman–Crippen LogP) is 1.71. The molecule has 1 fully saturated rings. The van der Waals surface area contributed by atoms with Gasteiger partial charge in [0.25, 0.3) is 0 Å². The zero-order valence-electron chi connectivity index (χ0n) is 21.2. The molecule has 2 heterocycles. The van der Waals surface area contributed by atoms with Gasteiger partial charge >= 0.3 is 17.9 Å². The van der Waals surface area contributed by atoms with E-state index in [4.69, 9.17) is 18.9 Å². The van der Waals surface area contributed by atoms with Gasteiger partial charge in [0.2, 0.25) is 5.91 Å². The van der Waals surface area contributed by atoms with Gasteiger partial charge in [-0.3, -0.25) is 19.2 Å². The topological polar surface area (TPSA) is 148 Å². The molecule has 5 atom stereocenters. The average molecular weight is 535 g/mol. The molecule has 37 heavy (non-hydrogen) atoms. The van der Waals surface area contributed by atoms with Crippen LogP contribution in [0, 0.1) is 0 Å². The van der Waals surface area contributed by atoms with E-state index in [1.54, 1.807) is 0 Å². The molecule has 1 amide bonds. The van der Waals surface area contributed by atoms with E-state index in [2.05, 4.69) is 15.5 Å². The van der Waals surface area contributed by atoms with E-state index in [-0.39, 0.29) is 6.61 Å². The fourth-order valence-electron chi connectivity index (χ4n) is 3.96. The quantitative estimate of drug-likeness (QED) is 0.370. The summed E-state index contributed by atoms with van der Waals surface area (Å²) in [5.41, 5.74) is -0.00846. The Kier molecular flexibility index (Phi) is 9.64. The number of carbonyl (C=O) groups excluding carboxylic acids is 4. The third-order valence-corrected chi connectivity index (χ3v) is 6.51. The van der Waals surface area contributed by atoms with Crippen molar-refractivity contribution < 1.29 is 38.1 Å². The van der Waals surface area contributed by atoms with Crippen LogP contribution < -0.4 is 5.32 Å². The second-order valence-corrected chi connectivity index (χ2v) is 9.32. The Labute approximate surface area is 218 Å². The zero-order chi connectivity index (χ0) is 27.1. The van der Waals surface area contributed by atoms with Crippen molar-refractivity contribution in [1.29, 1.82) is 0 Å². The van der Waals surface area contributed by atoms with Gasteiger partial charge in [-0.1, -0.05) is 42.1 Å². The number of carbonyl (C=O) groups is 4. The lowest BCUT2D eigenvalue weighted by Crippen LogP contribution is -2.65. The van der Waals surface area contributed by atoms with E-state index in [0.717, 1.165) is 17.3 Å². The molecule has 0 aliphatic carbocycles. The predicted molar refractivity (Wildman–Crippen MR) is 131 cm³/mol. The average Bonchev–Trinajstić information content (AvgIpc) is 3.23. The molecule has 1 aliphatic heterocycles. The summed E-state index contributed by atoms with van der Waals surface area (Å²) in [6.45, 7) is 7.14. The van der Waals surface area contributed by atoms with Gasteiger partial charge in [-0.25, -0.2) is 0 Å². The van der Waals surface area contributed by atoms with E-state index in [1.165, 1.54) is 27.7 Å². The standard InChI is InChI=1S/C24H30N4O8S/c1-6-28-22(17-10-8-7-9-11-17)26-27-24(28)37-23-19(25-13(2)29)21(35-16(5)32)20(34-15(4)31)18(36-23)12-33-14(3)30/h7-11,18-21,23H,6,12H2,1-5H3,(H,25,29)/t18-,19-,20-,21-,23+/m1/s1. The number of rotatable bonds is 9. The smallest absolute Gasteiger partial charge is 0.303 e. The normalized spacial score (nSPS) is 23.1. The van der Waals surface area contributed by atoms with Gasteiger partial charge in [0.05, 0.1) is 0 Å². The third kappa shape index (κ3) is 7.29. The van der Waals surface area contributed by atoms with E-state index in [1.807, 2.05) is 41.8 Å². The minimum absolute atomic E-state index is 0.273. The molecule has 1 aliphatic rings. The molecule has 0 saturated carbocycles. The first-order chi connectivity index (χ1) is 17.6. The summed E-state index contributed by atoms with van der Waals surface area (Å²) in [7, 11) is 0. The highest BCUT2D eigenvalue weighted by molar-refractivity contribution is 7.99. The first-order valence-electron chi connectivity index (χ1n) is 11.7. The van der Waals surface area contributed by atoms with Gasteiger partial charge in [-0.05, 0) is 6.92 Å². The Morgan fingerprint density at radius 1 is 0.973 bits per heavy atom. The molecule has 13 heteroatoms. The monoisotopic (exact) mass is 534 g/mol. The fraction of sp³-hybridized carbons (Fsp3) is 0.500. The van der Waals surface area contributed by atoms with Crippen molar-refractivity contribution in [2.75, 3.05) is 6.61 Å². The van der Waals surface area contributed by atoms with Gasteiger partial charge in [-0.2, -0.15) is 0 Å². The first-order valence-corrected chi connectivity index (χ1v) is 12.5. The summed E-state index contributed by atoms with van der Waals surface area (Å²) in [6.07, 6.45) is -3.28. The molecule has 1 saturated heterocycles. The van der Waals surface area contributed by atoms with Crippen LogP contribution in [-0.4, -0.2) is 75.0 Å². The molecule has 1 aromatic carbocycles. The molecular weight excluding hydrogens is 504 g/mol. The van der Waals surface area contributed by atoms with E-state index in [0.29, 0.717) is 17.5 Å². The number of hydrogen-bond acceptors (Lipinski definition) is 11.